The Bertz CT molecular complexity index is 1030. The SMILES string of the molecule is O=C(Nc1cc(I)cc(NC(=O)c2cccc(O)c2O)c1)c1cccc(O)c1O. The Morgan fingerprint density at radius 1 is 0.690 bits per heavy atom. The third-order valence-corrected chi connectivity index (χ3v) is 4.56. The highest BCUT2D eigenvalue weighted by Gasteiger charge is 2.17. The van der Waals surface area contributed by atoms with Crippen molar-refractivity contribution in [3.63, 3.8) is 0 Å². The van der Waals surface area contributed by atoms with Crippen LogP contribution in [0.1, 0.15) is 20.7 Å². The monoisotopic (exact) mass is 506 g/mol. The van der Waals surface area contributed by atoms with Crippen molar-refractivity contribution in [2.45, 2.75) is 0 Å². The number of para-hydroxylation sites is 2. The summed E-state index contributed by atoms with van der Waals surface area (Å²) in [5, 5.41) is 43.9. The highest BCUT2D eigenvalue weighted by molar-refractivity contribution is 14.1. The van der Waals surface area contributed by atoms with E-state index >= 15 is 0 Å². The molecule has 0 radical (unpaired) electrons. The van der Waals surface area contributed by atoms with Gasteiger partial charge in [-0.1, -0.05) is 12.1 Å². The second-order valence-corrected chi connectivity index (χ2v) is 7.23. The van der Waals surface area contributed by atoms with Gasteiger partial charge in [0.05, 0.1) is 11.1 Å². The number of phenols is 4. The normalized spacial score (nSPS) is 10.4. The molecule has 3 aromatic carbocycles. The van der Waals surface area contributed by atoms with E-state index < -0.39 is 34.8 Å². The molecule has 0 spiro atoms. The van der Waals surface area contributed by atoms with Gasteiger partial charge in [0.15, 0.2) is 23.0 Å². The van der Waals surface area contributed by atoms with Crippen molar-refractivity contribution in [1.29, 1.82) is 0 Å². The van der Waals surface area contributed by atoms with Gasteiger partial charge in [0, 0.05) is 14.9 Å². The number of carbonyl (C=O) groups is 2. The molecule has 0 aliphatic rings. The van der Waals surface area contributed by atoms with E-state index in [1.807, 2.05) is 22.6 Å². The summed E-state index contributed by atoms with van der Waals surface area (Å²) in [5.74, 6) is -3.21. The molecule has 0 unspecified atom stereocenters. The maximum Gasteiger partial charge on any atom is 0.259 e. The summed E-state index contributed by atoms with van der Waals surface area (Å²) in [7, 11) is 0. The molecule has 3 rings (SSSR count). The maximum absolute atomic E-state index is 12.4. The third kappa shape index (κ3) is 4.51. The highest BCUT2D eigenvalue weighted by atomic mass is 127. The Balaban J connectivity index is 1.83. The molecular formula is C20H15IN2O6. The van der Waals surface area contributed by atoms with Gasteiger partial charge in [0.25, 0.3) is 11.8 Å². The van der Waals surface area contributed by atoms with Gasteiger partial charge in [0.1, 0.15) is 0 Å². The zero-order valence-electron chi connectivity index (χ0n) is 14.7. The Labute approximate surface area is 178 Å². The molecule has 0 heterocycles. The quantitative estimate of drug-likeness (QED) is 0.236. The number of anilines is 2. The minimum atomic E-state index is -0.650. The first-order valence-corrected chi connectivity index (χ1v) is 9.29. The number of nitrogens with one attached hydrogen (secondary N) is 2. The summed E-state index contributed by atoms with van der Waals surface area (Å²) in [6.07, 6.45) is 0. The summed E-state index contributed by atoms with van der Waals surface area (Å²) in [6.45, 7) is 0. The second-order valence-electron chi connectivity index (χ2n) is 5.98. The molecule has 29 heavy (non-hydrogen) atoms. The van der Waals surface area contributed by atoms with Crippen LogP contribution in [-0.2, 0) is 0 Å². The molecule has 2 amide bonds. The van der Waals surface area contributed by atoms with Gasteiger partial charge in [-0.3, -0.25) is 9.59 Å². The molecule has 0 saturated heterocycles. The predicted octanol–water partition coefficient (Wildman–Crippen LogP) is 3.62. The van der Waals surface area contributed by atoms with Crippen LogP contribution in [-0.4, -0.2) is 32.2 Å². The Hall–Kier alpha value is -3.47. The van der Waals surface area contributed by atoms with E-state index in [9.17, 15) is 30.0 Å². The van der Waals surface area contributed by atoms with Crippen LogP contribution in [0.5, 0.6) is 23.0 Å². The van der Waals surface area contributed by atoms with Gasteiger partial charge in [0.2, 0.25) is 0 Å². The average Bonchev–Trinajstić information content (AvgIpc) is 2.65. The summed E-state index contributed by atoms with van der Waals surface area (Å²) in [4.78, 5) is 24.8. The fourth-order valence-corrected chi connectivity index (χ4v) is 3.23. The lowest BCUT2D eigenvalue weighted by molar-refractivity contribution is 0.101. The fraction of sp³-hybridized carbons (Fsp3) is 0. The number of halogens is 1. The molecule has 0 bridgehead atoms. The molecule has 0 aromatic heterocycles. The number of benzene rings is 3. The van der Waals surface area contributed by atoms with Crippen LogP contribution in [0, 0.1) is 3.57 Å². The molecule has 0 fully saturated rings. The van der Waals surface area contributed by atoms with E-state index in [0.29, 0.717) is 14.9 Å². The first kappa shape index (κ1) is 20.3. The Morgan fingerprint density at radius 3 is 1.52 bits per heavy atom. The number of rotatable bonds is 4. The van der Waals surface area contributed by atoms with Crippen molar-refractivity contribution < 1.29 is 30.0 Å². The van der Waals surface area contributed by atoms with Crippen molar-refractivity contribution in [3.8, 4) is 23.0 Å². The van der Waals surface area contributed by atoms with Crippen LogP contribution in [0.3, 0.4) is 0 Å². The molecular weight excluding hydrogens is 491 g/mol. The molecule has 6 N–H and O–H groups in total. The van der Waals surface area contributed by atoms with Crippen LogP contribution in [0.2, 0.25) is 0 Å². The van der Waals surface area contributed by atoms with Crippen molar-refractivity contribution in [2.75, 3.05) is 10.6 Å². The lowest BCUT2D eigenvalue weighted by Crippen LogP contribution is -2.14. The van der Waals surface area contributed by atoms with Crippen LogP contribution >= 0.6 is 22.6 Å². The Kier molecular flexibility index (Phi) is 5.78. The Morgan fingerprint density at radius 2 is 1.10 bits per heavy atom. The number of carbonyl (C=O) groups excluding carboxylic acids is 2. The summed E-state index contributed by atoms with van der Waals surface area (Å²) < 4.78 is 0.691. The predicted molar refractivity (Wildman–Crippen MR) is 115 cm³/mol. The smallest absolute Gasteiger partial charge is 0.259 e. The van der Waals surface area contributed by atoms with Crippen LogP contribution in [0.4, 0.5) is 11.4 Å². The largest absolute Gasteiger partial charge is 0.504 e. The first-order valence-electron chi connectivity index (χ1n) is 8.21. The molecule has 148 valence electrons. The van der Waals surface area contributed by atoms with Gasteiger partial charge >= 0.3 is 0 Å². The van der Waals surface area contributed by atoms with Crippen molar-refractivity contribution >= 4 is 45.8 Å². The van der Waals surface area contributed by atoms with E-state index in [4.69, 9.17) is 0 Å². The summed E-state index contributed by atoms with van der Waals surface area (Å²) >= 11 is 2.00. The minimum Gasteiger partial charge on any atom is -0.504 e. The van der Waals surface area contributed by atoms with Crippen LogP contribution < -0.4 is 10.6 Å². The topological polar surface area (TPSA) is 139 Å². The number of phenolic OH excluding ortho intramolecular Hbond substituents is 4. The lowest BCUT2D eigenvalue weighted by Gasteiger charge is -2.12. The molecule has 3 aromatic rings. The van der Waals surface area contributed by atoms with Gasteiger partial charge in [-0.05, 0) is 65.1 Å². The average molecular weight is 506 g/mol. The van der Waals surface area contributed by atoms with Crippen molar-refractivity contribution in [2.24, 2.45) is 0 Å². The van der Waals surface area contributed by atoms with Crippen molar-refractivity contribution in [1.82, 2.24) is 0 Å². The zero-order chi connectivity index (χ0) is 21.1. The molecule has 0 atom stereocenters. The first-order chi connectivity index (χ1) is 13.8. The van der Waals surface area contributed by atoms with Gasteiger partial charge < -0.3 is 31.1 Å². The minimum absolute atomic E-state index is 0.112. The van der Waals surface area contributed by atoms with Crippen LogP contribution in [0.25, 0.3) is 0 Å². The molecule has 0 aliphatic heterocycles. The lowest BCUT2D eigenvalue weighted by atomic mass is 10.1. The van der Waals surface area contributed by atoms with E-state index in [-0.39, 0.29) is 11.1 Å². The number of hydrogen-bond donors (Lipinski definition) is 6. The standard InChI is InChI=1S/C20H15IN2O6/c21-10-7-11(22-19(28)13-3-1-5-15(24)17(13)26)9-12(8-10)23-20(29)14-4-2-6-16(25)18(14)27/h1-9,24-27H,(H,22,28)(H,23,29). The summed E-state index contributed by atoms with van der Waals surface area (Å²) in [6, 6.07) is 12.8. The highest BCUT2D eigenvalue weighted by Crippen LogP contribution is 2.31. The zero-order valence-corrected chi connectivity index (χ0v) is 16.8. The molecule has 8 nitrogen and oxygen atoms in total. The van der Waals surface area contributed by atoms with Crippen LogP contribution in [0.15, 0.2) is 54.6 Å². The fourth-order valence-electron chi connectivity index (χ4n) is 2.56. The van der Waals surface area contributed by atoms with Gasteiger partial charge in [-0.2, -0.15) is 0 Å². The number of aromatic hydroxyl groups is 4. The molecule has 9 heteroatoms. The molecule has 0 saturated carbocycles. The van der Waals surface area contributed by atoms with Crippen molar-refractivity contribution in [3.05, 3.63) is 69.3 Å². The third-order valence-electron chi connectivity index (χ3n) is 3.93. The second kappa shape index (κ2) is 8.27. The maximum atomic E-state index is 12.4. The summed E-state index contributed by atoms with van der Waals surface area (Å²) in [5.41, 5.74) is 0.443. The number of hydrogen-bond acceptors (Lipinski definition) is 6. The van der Waals surface area contributed by atoms with E-state index in [2.05, 4.69) is 10.6 Å². The van der Waals surface area contributed by atoms with E-state index in [1.165, 1.54) is 42.5 Å². The molecule has 0 aliphatic carbocycles. The number of amides is 2. The van der Waals surface area contributed by atoms with E-state index in [1.54, 1.807) is 12.1 Å². The van der Waals surface area contributed by atoms with Gasteiger partial charge in [-0.15, -0.1) is 0 Å². The van der Waals surface area contributed by atoms with Gasteiger partial charge in [-0.25, -0.2) is 0 Å². The van der Waals surface area contributed by atoms with E-state index in [0.717, 1.165) is 0 Å².